The molecule has 126 valence electrons. The van der Waals surface area contributed by atoms with Gasteiger partial charge >= 0.3 is 5.97 Å². The lowest BCUT2D eigenvalue weighted by molar-refractivity contribution is -0.148. The molecule has 0 spiro atoms. The minimum Gasteiger partial charge on any atom is -0.469 e. The molecule has 1 unspecified atom stereocenters. The van der Waals surface area contributed by atoms with E-state index in [0.717, 1.165) is 29.3 Å². The topological polar surface area (TPSA) is 46.6 Å². The second-order valence-corrected chi connectivity index (χ2v) is 7.13. The molecule has 2 rings (SSSR count). The molecular weight excluding hydrogens is 358 g/mol. The smallest absolute Gasteiger partial charge is 0.310 e. The number of rotatable bonds is 6. The number of hydrogen-bond acceptors (Lipinski definition) is 3. The number of carbonyl (C=O) groups is 2. The van der Waals surface area contributed by atoms with Gasteiger partial charge in [0.2, 0.25) is 5.91 Å². The minimum absolute atomic E-state index is 0.129. The number of esters is 1. The summed E-state index contributed by atoms with van der Waals surface area (Å²) in [6.45, 7) is 4.75. The average molecular weight is 382 g/mol. The Hall–Kier alpha value is -1.36. The third kappa shape index (κ3) is 3.60. The summed E-state index contributed by atoms with van der Waals surface area (Å²) in [5, 5.41) is 0. The Morgan fingerprint density at radius 2 is 1.91 bits per heavy atom. The van der Waals surface area contributed by atoms with Crippen LogP contribution < -0.4 is 0 Å². The monoisotopic (exact) mass is 381 g/mol. The Morgan fingerprint density at radius 1 is 1.30 bits per heavy atom. The second kappa shape index (κ2) is 7.47. The quantitative estimate of drug-likeness (QED) is 0.708. The average Bonchev–Trinajstić information content (AvgIpc) is 2.52. The van der Waals surface area contributed by atoms with Gasteiger partial charge in [-0.2, -0.15) is 0 Å². The zero-order chi connectivity index (χ0) is 17.0. The number of likely N-dealkylation sites (N-methyl/N-ethyl adjacent to an activating group) is 1. The van der Waals surface area contributed by atoms with E-state index in [-0.39, 0.29) is 17.8 Å². The van der Waals surface area contributed by atoms with E-state index < -0.39 is 5.41 Å². The van der Waals surface area contributed by atoms with E-state index in [1.165, 1.54) is 7.11 Å². The van der Waals surface area contributed by atoms with Crippen molar-refractivity contribution in [1.82, 2.24) is 4.90 Å². The predicted octanol–water partition coefficient (Wildman–Crippen LogP) is 3.53. The number of halogens is 1. The van der Waals surface area contributed by atoms with Crippen LogP contribution in [0.3, 0.4) is 0 Å². The number of amides is 1. The van der Waals surface area contributed by atoms with Crippen molar-refractivity contribution in [3.05, 3.63) is 34.3 Å². The molecule has 0 N–H and O–H groups in total. The van der Waals surface area contributed by atoms with Crippen LogP contribution in [0, 0.1) is 5.92 Å². The summed E-state index contributed by atoms with van der Waals surface area (Å²) in [5.41, 5.74) is 0.646. The SMILES string of the molecule is CCN(CC(C)C(=O)OC)C(=O)C1(c2ccc(Br)cc2)CCC1. The van der Waals surface area contributed by atoms with Crippen LogP contribution in [0.4, 0.5) is 0 Å². The summed E-state index contributed by atoms with van der Waals surface area (Å²) in [5.74, 6) is -0.460. The summed E-state index contributed by atoms with van der Waals surface area (Å²) in [6.07, 6.45) is 2.80. The molecular formula is C18H24BrNO3. The van der Waals surface area contributed by atoms with Gasteiger partial charge in [0.1, 0.15) is 0 Å². The molecule has 1 fully saturated rings. The molecule has 1 aromatic carbocycles. The van der Waals surface area contributed by atoms with Crippen molar-refractivity contribution in [3.8, 4) is 0 Å². The van der Waals surface area contributed by atoms with Crippen LogP contribution in [-0.4, -0.2) is 37.0 Å². The molecule has 0 saturated heterocycles. The standard InChI is InChI=1S/C18H24BrNO3/c1-4-20(12-13(2)16(21)23-3)17(22)18(10-5-11-18)14-6-8-15(19)9-7-14/h6-9,13H,4-5,10-12H2,1-3H3. The van der Waals surface area contributed by atoms with Crippen molar-refractivity contribution in [2.45, 2.75) is 38.5 Å². The molecule has 23 heavy (non-hydrogen) atoms. The largest absolute Gasteiger partial charge is 0.469 e. The number of ether oxygens (including phenoxy) is 1. The number of hydrogen-bond donors (Lipinski definition) is 0. The highest BCUT2D eigenvalue weighted by molar-refractivity contribution is 9.10. The lowest BCUT2D eigenvalue weighted by atomic mass is 9.63. The fourth-order valence-corrected chi connectivity index (χ4v) is 3.45. The fraction of sp³-hybridized carbons (Fsp3) is 0.556. The van der Waals surface area contributed by atoms with Crippen LogP contribution in [0.1, 0.15) is 38.7 Å². The summed E-state index contributed by atoms with van der Waals surface area (Å²) in [4.78, 5) is 26.6. The highest BCUT2D eigenvalue weighted by Gasteiger charge is 2.47. The Morgan fingerprint density at radius 3 is 2.35 bits per heavy atom. The van der Waals surface area contributed by atoms with Crippen LogP contribution in [0.15, 0.2) is 28.7 Å². The third-order valence-corrected chi connectivity index (χ3v) is 5.31. The van der Waals surface area contributed by atoms with Gasteiger partial charge in [-0.05, 0) is 37.5 Å². The molecule has 0 radical (unpaired) electrons. The molecule has 1 aliphatic rings. The van der Waals surface area contributed by atoms with E-state index in [0.29, 0.717) is 13.1 Å². The molecule has 1 aromatic rings. The molecule has 1 saturated carbocycles. The van der Waals surface area contributed by atoms with Crippen LogP contribution in [0.5, 0.6) is 0 Å². The molecule has 5 heteroatoms. The van der Waals surface area contributed by atoms with Gasteiger partial charge in [0.05, 0.1) is 18.4 Å². The van der Waals surface area contributed by atoms with Crippen molar-refractivity contribution in [2.75, 3.05) is 20.2 Å². The normalized spacial score (nSPS) is 17.0. The molecule has 1 atom stereocenters. The van der Waals surface area contributed by atoms with Crippen molar-refractivity contribution in [2.24, 2.45) is 5.92 Å². The van der Waals surface area contributed by atoms with Gasteiger partial charge in [-0.25, -0.2) is 0 Å². The minimum atomic E-state index is -0.424. The Bertz CT molecular complexity index is 566. The number of methoxy groups -OCH3 is 1. The van der Waals surface area contributed by atoms with Gasteiger partial charge in [0.15, 0.2) is 0 Å². The van der Waals surface area contributed by atoms with Gasteiger partial charge in [-0.1, -0.05) is 41.4 Å². The first-order valence-corrected chi connectivity index (χ1v) is 8.87. The molecule has 0 aliphatic heterocycles. The molecule has 1 aliphatic carbocycles. The van der Waals surface area contributed by atoms with Crippen molar-refractivity contribution in [3.63, 3.8) is 0 Å². The first-order chi connectivity index (χ1) is 10.9. The zero-order valence-electron chi connectivity index (χ0n) is 14.0. The van der Waals surface area contributed by atoms with E-state index in [9.17, 15) is 9.59 Å². The maximum atomic E-state index is 13.2. The fourth-order valence-electron chi connectivity index (χ4n) is 3.19. The van der Waals surface area contributed by atoms with Gasteiger partial charge < -0.3 is 9.64 Å². The Balaban J connectivity index is 2.20. The second-order valence-electron chi connectivity index (χ2n) is 6.21. The van der Waals surface area contributed by atoms with Crippen molar-refractivity contribution in [1.29, 1.82) is 0 Å². The van der Waals surface area contributed by atoms with Gasteiger partial charge in [-0.15, -0.1) is 0 Å². The zero-order valence-corrected chi connectivity index (χ0v) is 15.6. The van der Waals surface area contributed by atoms with Crippen molar-refractivity contribution < 1.29 is 14.3 Å². The van der Waals surface area contributed by atoms with E-state index >= 15 is 0 Å². The summed E-state index contributed by atoms with van der Waals surface area (Å²) in [6, 6.07) is 8.02. The van der Waals surface area contributed by atoms with E-state index in [1.54, 1.807) is 11.8 Å². The number of benzene rings is 1. The highest BCUT2D eigenvalue weighted by atomic mass is 79.9. The summed E-state index contributed by atoms with van der Waals surface area (Å²) >= 11 is 3.44. The summed E-state index contributed by atoms with van der Waals surface area (Å²) in [7, 11) is 1.38. The predicted molar refractivity (Wildman–Crippen MR) is 93.1 cm³/mol. The van der Waals surface area contributed by atoms with Crippen molar-refractivity contribution >= 4 is 27.8 Å². The third-order valence-electron chi connectivity index (χ3n) is 4.78. The van der Waals surface area contributed by atoms with Crippen LogP contribution in [-0.2, 0) is 19.7 Å². The number of nitrogens with zero attached hydrogens (tertiary/aromatic N) is 1. The van der Waals surface area contributed by atoms with Gasteiger partial charge in [-0.3, -0.25) is 9.59 Å². The maximum absolute atomic E-state index is 13.2. The van der Waals surface area contributed by atoms with Gasteiger partial charge in [0.25, 0.3) is 0 Å². The maximum Gasteiger partial charge on any atom is 0.310 e. The van der Waals surface area contributed by atoms with Crippen LogP contribution >= 0.6 is 15.9 Å². The number of carbonyl (C=O) groups excluding carboxylic acids is 2. The Kier molecular flexibility index (Phi) is 5.84. The lowest BCUT2D eigenvalue weighted by Gasteiger charge is -2.44. The van der Waals surface area contributed by atoms with E-state index in [2.05, 4.69) is 15.9 Å². The molecule has 0 aromatic heterocycles. The summed E-state index contributed by atoms with van der Waals surface area (Å²) < 4.78 is 5.79. The van der Waals surface area contributed by atoms with Gasteiger partial charge in [0, 0.05) is 17.6 Å². The first kappa shape index (κ1) is 18.0. The van der Waals surface area contributed by atoms with E-state index in [1.807, 2.05) is 31.2 Å². The molecule has 1 amide bonds. The molecule has 4 nitrogen and oxygen atoms in total. The lowest BCUT2D eigenvalue weighted by Crippen LogP contribution is -2.52. The Labute approximate surface area is 146 Å². The molecule has 0 heterocycles. The first-order valence-electron chi connectivity index (χ1n) is 8.08. The van der Waals surface area contributed by atoms with E-state index in [4.69, 9.17) is 4.74 Å². The molecule has 0 bridgehead atoms. The van der Waals surface area contributed by atoms with Crippen LogP contribution in [0.25, 0.3) is 0 Å². The highest BCUT2D eigenvalue weighted by Crippen LogP contribution is 2.45. The van der Waals surface area contributed by atoms with Crippen LogP contribution in [0.2, 0.25) is 0 Å².